The van der Waals surface area contributed by atoms with Gasteiger partial charge in [0, 0.05) is 12.4 Å². The summed E-state index contributed by atoms with van der Waals surface area (Å²) in [6, 6.07) is 0. The van der Waals surface area contributed by atoms with Crippen molar-refractivity contribution in [2.24, 2.45) is 5.16 Å². The lowest BCUT2D eigenvalue weighted by molar-refractivity contribution is 0.314. The van der Waals surface area contributed by atoms with E-state index in [1.807, 2.05) is 20.1 Å². The fraction of sp³-hybridized carbons (Fsp3) is 0.500. The van der Waals surface area contributed by atoms with Crippen molar-refractivity contribution in [3.63, 3.8) is 0 Å². The zero-order valence-electron chi connectivity index (χ0n) is 7.93. The van der Waals surface area contributed by atoms with Gasteiger partial charge in [0.15, 0.2) is 5.84 Å². The van der Waals surface area contributed by atoms with E-state index in [4.69, 9.17) is 5.21 Å². The van der Waals surface area contributed by atoms with Crippen molar-refractivity contribution in [2.45, 2.75) is 18.6 Å². The zero-order valence-corrected chi connectivity index (χ0v) is 8.75. The maximum Gasteiger partial charge on any atom is 0.169 e. The Hall–Kier alpha value is -0.970. The van der Waals surface area contributed by atoms with Crippen LogP contribution >= 0.6 is 11.8 Å². The second kappa shape index (κ2) is 3.83. The molecule has 1 heterocycles. The number of rotatable bonds is 2. The largest absolute Gasteiger partial charge is 0.409 e. The van der Waals surface area contributed by atoms with E-state index in [0.29, 0.717) is 5.84 Å². The molecule has 0 bridgehead atoms. The first-order chi connectivity index (χ1) is 6.11. The first-order valence-corrected chi connectivity index (χ1v) is 5.10. The third-order valence-electron chi connectivity index (χ3n) is 1.89. The van der Waals surface area contributed by atoms with Crippen molar-refractivity contribution in [3.05, 3.63) is 18.7 Å². The zero-order chi connectivity index (χ0) is 9.90. The van der Waals surface area contributed by atoms with Gasteiger partial charge < -0.3 is 5.21 Å². The Bertz CT molecular complexity index is 292. The molecular weight excluding hydrogens is 186 g/mol. The molecule has 0 aliphatic heterocycles. The molecule has 0 aliphatic carbocycles. The van der Waals surface area contributed by atoms with Gasteiger partial charge in [0.1, 0.15) is 6.33 Å². The Kier molecular flexibility index (Phi) is 2.98. The summed E-state index contributed by atoms with van der Waals surface area (Å²) in [7, 11) is 0. The molecule has 0 aromatic carbocycles. The molecule has 1 aromatic rings. The van der Waals surface area contributed by atoms with Gasteiger partial charge in [0.05, 0.1) is 4.75 Å². The van der Waals surface area contributed by atoms with E-state index in [1.165, 1.54) is 0 Å². The average Bonchev–Trinajstić information content (AvgIpc) is 2.58. The number of nitrogens with zero attached hydrogens (tertiary/aromatic N) is 3. The molecule has 0 spiro atoms. The molecule has 0 aliphatic rings. The number of aromatic nitrogens is 2. The fourth-order valence-corrected chi connectivity index (χ4v) is 1.29. The minimum Gasteiger partial charge on any atom is -0.409 e. The Morgan fingerprint density at radius 2 is 2.31 bits per heavy atom. The second-order valence-electron chi connectivity index (χ2n) is 3.11. The van der Waals surface area contributed by atoms with Gasteiger partial charge in [0.25, 0.3) is 0 Å². The molecule has 0 radical (unpaired) electrons. The van der Waals surface area contributed by atoms with Crippen LogP contribution in [0, 0.1) is 0 Å². The maximum absolute atomic E-state index is 8.89. The number of hydrogen-bond acceptors (Lipinski definition) is 4. The Morgan fingerprint density at radius 3 is 2.69 bits per heavy atom. The number of thioether (sulfide) groups is 1. The first kappa shape index (κ1) is 10.1. The third kappa shape index (κ3) is 2.03. The van der Waals surface area contributed by atoms with Gasteiger partial charge in [-0.25, -0.2) is 4.98 Å². The van der Waals surface area contributed by atoms with E-state index < -0.39 is 0 Å². The molecule has 0 amide bonds. The van der Waals surface area contributed by atoms with Crippen LogP contribution in [-0.2, 0) is 0 Å². The lowest BCUT2D eigenvalue weighted by Gasteiger charge is -2.22. The van der Waals surface area contributed by atoms with Crippen LogP contribution in [0.4, 0.5) is 0 Å². The van der Waals surface area contributed by atoms with E-state index in [-0.39, 0.29) is 4.75 Å². The maximum atomic E-state index is 8.89. The van der Waals surface area contributed by atoms with Crippen LogP contribution in [0.2, 0.25) is 0 Å². The summed E-state index contributed by atoms with van der Waals surface area (Å²) in [6.07, 6.45) is 7.00. The molecular formula is C8H13N3OS. The summed E-state index contributed by atoms with van der Waals surface area (Å²) < 4.78 is 1.48. The van der Waals surface area contributed by atoms with E-state index >= 15 is 0 Å². The molecule has 0 saturated heterocycles. The predicted molar refractivity (Wildman–Crippen MR) is 54.4 cm³/mol. The summed E-state index contributed by atoms with van der Waals surface area (Å²) >= 11 is 1.62. The van der Waals surface area contributed by atoms with Crippen LogP contribution < -0.4 is 0 Å². The normalized spacial score (nSPS) is 13.3. The van der Waals surface area contributed by atoms with Crippen LogP contribution in [0.25, 0.3) is 0 Å². The number of hydrogen-bond donors (Lipinski definition) is 1. The standard InChI is InChI=1S/C8H13N3OS/c1-8(2,13-3)7(10-12)11-5-4-9-6-11/h4-6,12H,1-3H3/b10-7-. The van der Waals surface area contributed by atoms with Crippen LogP contribution in [0.5, 0.6) is 0 Å². The molecule has 0 atom stereocenters. The van der Waals surface area contributed by atoms with Gasteiger partial charge in [-0.2, -0.15) is 11.8 Å². The molecule has 1 N–H and O–H groups in total. The van der Waals surface area contributed by atoms with Gasteiger partial charge in [-0.3, -0.25) is 4.57 Å². The smallest absolute Gasteiger partial charge is 0.169 e. The molecule has 5 heteroatoms. The summed E-state index contributed by atoms with van der Waals surface area (Å²) in [5.41, 5.74) is 0. The summed E-state index contributed by atoms with van der Waals surface area (Å²) in [6.45, 7) is 3.99. The van der Waals surface area contributed by atoms with Gasteiger partial charge in [-0.1, -0.05) is 5.16 Å². The van der Waals surface area contributed by atoms with E-state index in [1.54, 1.807) is 35.0 Å². The molecule has 0 unspecified atom stereocenters. The van der Waals surface area contributed by atoms with Crippen molar-refractivity contribution in [1.29, 1.82) is 0 Å². The third-order valence-corrected chi connectivity index (χ3v) is 3.10. The molecule has 1 aromatic heterocycles. The van der Waals surface area contributed by atoms with E-state index in [0.717, 1.165) is 0 Å². The number of imidazole rings is 1. The van der Waals surface area contributed by atoms with E-state index in [2.05, 4.69) is 10.1 Å². The molecule has 72 valence electrons. The quantitative estimate of drug-likeness (QED) is 0.341. The molecule has 13 heavy (non-hydrogen) atoms. The van der Waals surface area contributed by atoms with Gasteiger partial charge in [-0.05, 0) is 20.1 Å². The lowest BCUT2D eigenvalue weighted by atomic mass is 10.2. The SMILES string of the molecule is CSC(C)(C)/C(=N/O)n1ccnc1. The Labute approximate surface area is 81.7 Å². The van der Waals surface area contributed by atoms with Crippen LogP contribution in [0.15, 0.2) is 23.9 Å². The van der Waals surface area contributed by atoms with Crippen molar-refractivity contribution in [1.82, 2.24) is 9.55 Å². The Morgan fingerprint density at radius 1 is 1.62 bits per heavy atom. The van der Waals surface area contributed by atoms with Crippen molar-refractivity contribution >= 4 is 17.6 Å². The summed E-state index contributed by atoms with van der Waals surface area (Å²) in [4.78, 5) is 3.90. The van der Waals surface area contributed by atoms with Crippen LogP contribution in [0.3, 0.4) is 0 Å². The van der Waals surface area contributed by atoms with Crippen molar-refractivity contribution in [3.8, 4) is 0 Å². The van der Waals surface area contributed by atoms with Gasteiger partial charge in [0.2, 0.25) is 0 Å². The average molecular weight is 199 g/mol. The lowest BCUT2D eigenvalue weighted by Crippen LogP contribution is -2.33. The van der Waals surface area contributed by atoms with E-state index in [9.17, 15) is 0 Å². The second-order valence-corrected chi connectivity index (χ2v) is 4.54. The monoisotopic (exact) mass is 199 g/mol. The highest BCUT2D eigenvalue weighted by Crippen LogP contribution is 2.23. The molecule has 4 nitrogen and oxygen atoms in total. The van der Waals surface area contributed by atoms with Gasteiger partial charge >= 0.3 is 0 Å². The van der Waals surface area contributed by atoms with Crippen LogP contribution in [-0.4, -0.2) is 31.6 Å². The number of oxime groups is 1. The highest BCUT2D eigenvalue weighted by atomic mass is 32.2. The molecule has 0 saturated carbocycles. The summed E-state index contributed by atoms with van der Waals surface area (Å²) in [5, 5.41) is 12.2. The summed E-state index contributed by atoms with van der Waals surface area (Å²) in [5.74, 6) is 0.581. The van der Waals surface area contributed by atoms with Crippen molar-refractivity contribution in [2.75, 3.05) is 6.26 Å². The fourth-order valence-electron chi connectivity index (χ4n) is 0.959. The molecule has 1 rings (SSSR count). The van der Waals surface area contributed by atoms with Crippen LogP contribution in [0.1, 0.15) is 13.8 Å². The highest BCUT2D eigenvalue weighted by Gasteiger charge is 2.25. The minimum absolute atomic E-state index is 0.227. The first-order valence-electron chi connectivity index (χ1n) is 3.88. The predicted octanol–water partition coefficient (Wildman–Crippen LogP) is 1.66. The van der Waals surface area contributed by atoms with Crippen molar-refractivity contribution < 1.29 is 5.21 Å². The topological polar surface area (TPSA) is 50.4 Å². The molecule has 0 fully saturated rings. The van der Waals surface area contributed by atoms with Gasteiger partial charge in [-0.15, -0.1) is 0 Å². The highest BCUT2D eigenvalue weighted by molar-refractivity contribution is 8.00. The minimum atomic E-state index is -0.227. The Balaban J connectivity index is 3.01.